The zero-order chi connectivity index (χ0) is 13.7. The number of aliphatic hydroxyl groups excluding tert-OH is 1. The van der Waals surface area contributed by atoms with Gasteiger partial charge in [0.25, 0.3) is 0 Å². The second-order valence-electron chi connectivity index (χ2n) is 5.97. The lowest BCUT2D eigenvalue weighted by Gasteiger charge is -2.33. The molecule has 19 heavy (non-hydrogen) atoms. The van der Waals surface area contributed by atoms with Crippen LogP contribution in [0.1, 0.15) is 50.2 Å². The van der Waals surface area contributed by atoms with Gasteiger partial charge in [-0.2, -0.15) is 0 Å². The van der Waals surface area contributed by atoms with E-state index in [0.29, 0.717) is 6.04 Å². The van der Waals surface area contributed by atoms with E-state index >= 15 is 0 Å². The van der Waals surface area contributed by atoms with E-state index in [-0.39, 0.29) is 6.61 Å². The van der Waals surface area contributed by atoms with Gasteiger partial charge in [-0.05, 0) is 38.1 Å². The summed E-state index contributed by atoms with van der Waals surface area (Å²) in [5.41, 5.74) is 1.18. The number of aromatic nitrogens is 1. The van der Waals surface area contributed by atoms with Crippen LogP contribution in [-0.4, -0.2) is 34.2 Å². The maximum Gasteiger partial charge on any atom is 0.0928 e. The van der Waals surface area contributed by atoms with Gasteiger partial charge in [0.15, 0.2) is 0 Å². The van der Waals surface area contributed by atoms with Gasteiger partial charge in [0.2, 0.25) is 0 Å². The van der Waals surface area contributed by atoms with Crippen molar-refractivity contribution in [2.75, 3.05) is 13.2 Å². The molecule has 1 N–H and O–H groups in total. The maximum absolute atomic E-state index is 9.43. The van der Waals surface area contributed by atoms with Gasteiger partial charge >= 0.3 is 0 Å². The Balaban J connectivity index is 1.88. The Hall–Kier alpha value is -0.450. The molecule has 0 saturated carbocycles. The molecule has 3 nitrogen and oxygen atoms in total. The van der Waals surface area contributed by atoms with E-state index in [1.54, 1.807) is 11.3 Å². The number of aliphatic hydroxyl groups is 1. The van der Waals surface area contributed by atoms with Crippen LogP contribution >= 0.6 is 11.3 Å². The van der Waals surface area contributed by atoms with Crippen molar-refractivity contribution in [2.24, 2.45) is 5.92 Å². The van der Waals surface area contributed by atoms with Crippen LogP contribution in [0.4, 0.5) is 0 Å². The summed E-state index contributed by atoms with van der Waals surface area (Å²) in [5.74, 6) is 0.744. The fourth-order valence-corrected chi connectivity index (χ4v) is 3.44. The number of piperidine rings is 1. The summed E-state index contributed by atoms with van der Waals surface area (Å²) in [6.07, 6.45) is 5.95. The molecular formula is C15H26N2OS. The highest BCUT2D eigenvalue weighted by Gasteiger charge is 2.22. The van der Waals surface area contributed by atoms with Gasteiger partial charge in [-0.1, -0.05) is 20.3 Å². The molecule has 1 fully saturated rings. The molecule has 1 aromatic heterocycles. The van der Waals surface area contributed by atoms with Crippen molar-refractivity contribution in [3.05, 3.63) is 16.1 Å². The van der Waals surface area contributed by atoms with E-state index in [1.807, 2.05) is 0 Å². The van der Waals surface area contributed by atoms with Gasteiger partial charge in [-0.3, -0.25) is 4.90 Å². The summed E-state index contributed by atoms with van der Waals surface area (Å²) in [4.78, 5) is 7.13. The number of thiazole rings is 1. The van der Waals surface area contributed by atoms with E-state index in [9.17, 15) is 5.11 Å². The molecule has 2 heterocycles. The van der Waals surface area contributed by atoms with Gasteiger partial charge in [0.05, 0.1) is 17.3 Å². The molecule has 1 atom stereocenters. The fourth-order valence-electron chi connectivity index (χ4n) is 2.63. The highest BCUT2D eigenvalue weighted by Crippen LogP contribution is 2.21. The standard InChI is InChI=1S/C15H26N2OS/c1-12(2)6-7-15-16-13(11-19-15)9-17-8-4-3-5-14(17)10-18/h11-12,14,18H,3-10H2,1-2H3/t14-/m1/s1. The SMILES string of the molecule is CC(C)CCc1nc(CN2CCCC[C@@H]2CO)cs1. The molecule has 0 aliphatic carbocycles. The quantitative estimate of drug-likeness (QED) is 0.871. The van der Waals surface area contributed by atoms with E-state index in [1.165, 1.54) is 30.0 Å². The van der Waals surface area contributed by atoms with Crippen LogP contribution in [0.3, 0.4) is 0 Å². The lowest BCUT2D eigenvalue weighted by Crippen LogP contribution is -2.41. The Morgan fingerprint density at radius 2 is 2.32 bits per heavy atom. The molecule has 2 rings (SSSR count). The molecule has 0 unspecified atom stereocenters. The lowest BCUT2D eigenvalue weighted by molar-refractivity contribution is 0.0832. The van der Waals surface area contributed by atoms with Crippen LogP contribution < -0.4 is 0 Å². The van der Waals surface area contributed by atoms with E-state index < -0.39 is 0 Å². The largest absolute Gasteiger partial charge is 0.395 e. The van der Waals surface area contributed by atoms with Crippen molar-refractivity contribution >= 4 is 11.3 Å². The van der Waals surface area contributed by atoms with Crippen LogP contribution in [0, 0.1) is 5.92 Å². The van der Waals surface area contributed by atoms with Gasteiger partial charge in [0.1, 0.15) is 0 Å². The Bertz CT molecular complexity index is 378. The molecule has 1 aliphatic rings. The number of nitrogens with zero attached hydrogens (tertiary/aromatic N) is 2. The Labute approximate surface area is 120 Å². The molecular weight excluding hydrogens is 256 g/mol. The molecule has 0 amide bonds. The van der Waals surface area contributed by atoms with Crippen LogP contribution in [0.15, 0.2) is 5.38 Å². The smallest absolute Gasteiger partial charge is 0.0928 e. The van der Waals surface area contributed by atoms with Crippen molar-refractivity contribution in [2.45, 2.75) is 58.5 Å². The van der Waals surface area contributed by atoms with Crippen molar-refractivity contribution < 1.29 is 5.11 Å². The highest BCUT2D eigenvalue weighted by atomic mass is 32.1. The number of aryl methyl sites for hydroxylation is 1. The Kier molecular flexibility index (Phi) is 5.79. The third kappa shape index (κ3) is 4.55. The Morgan fingerprint density at radius 1 is 1.47 bits per heavy atom. The lowest BCUT2D eigenvalue weighted by atomic mass is 10.0. The fraction of sp³-hybridized carbons (Fsp3) is 0.800. The summed E-state index contributed by atoms with van der Waals surface area (Å²) in [6, 6.07) is 0.342. The molecule has 4 heteroatoms. The van der Waals surface area contributed by atoms with Gasteiger partial charge in [0, 0.05) is 18.0 Å². The number of hydrogen-bond donors (Lipinski definition) is 1. The number of hydrogen-bond acceptors (Lipinski definition) is 4. The second kappa shape index (κ2) is 7.36. The van der Waals surface area contributed by atoms with Crippen LogP contribution in [0.2, 0.25) is 0 Å². The molecule has 0 aromatic carbocycles. The van der Waals surface area contributed by atoms with Crippen molar-refractivity contribution in [1.82, 2.24) is 9.88 Å². The van der Waals surface area contributed by atoms with Crippen LogP contribution in [0.5, 0.6) is 0 Å². The van der Waals surface area contributed by atoms with Crippen molar-refractivity contribution in [1.29, 1.82) is 0 Å². The molecule has 1 aromatic rings. The van der Waals surface area contributed by atoms with E-state index in [0.717, 1.165) is 31.8 Å². The predicted octanol–water partition coefficient (Wildman–Crippen LogP) is 3.08. The average Bonchev–Trinajstić information content (AvgIpc) is 2.85. The monoisotopic (exact) mass is 282 g/mol. The van der Waals surface area contributed by atoms with Gasteiger partial charge in [-0.25, -0.2) is 4.98 Å². The summed E-state index contributed by atoms with van der Waals surface area (Å²) in [6.45, 7) is 6.81. The topological polar surface area (TPSA) is 36.4 Å². The summed E-state index contributed by atoms with van der Waals surface area (Å²) < 4.78 is 0. The number of likely N-dealkylation sites (tertiary alicyclic amines) is 1. The van der Waals surface area contributed by atoms with Crippen molar-refractivity contribution in [3.63, 3.8) is 0 Å². The minimum Gasteiger partial charge on any atom is -0.395 e. The highest BCUT2D eigenvalue weighted by molar-refractivity contribution is 7.09. The molecule has 0 spiro atoms. The zero-order valence-electron chi connectivity index (χ0n) is 12.1. The third-order valence-corrected chi connectivity index (χ3v) is 4.82. The first-order chi connectivity index (χ1) is 9.19. The first-order valence-electron chi connectivity index (χ1n) is 7.47. The molecule has 1 saturated heterocycles. The molecule has 0 bridgehead atoms. The molecule has 108 valence electrons. The van der Waals surface area contributed by atoms with E-state index in [4.69, 9.17) is 4.98 Å². The summed E-state index contributed by atoms with van der Waals surface area (Å²) in [5, 5.41) is 12.9. The third-order valence-electron chi connectivity index (χ3n) is 3.86. The number of rotatable bonds is 6. The second-order valence-corrected chi connectivity index (χ2v) is 6.91. The summed E-state index contributed by atoms with van der Waals surface area (Å²) >= 11 is 1.79. The summed E-state index contributed by atoms with van der Waals surface area (Å²) in [7, 11) is 0. The Morgan fingerprint density at radius 3 is 3.05 bits per heavy atom. The first-order valence-corrected chi connectivity index (χ1v) is 8.35. The van der Waals surface area contributed by atoms with Crippen LogP contribution in [-0.2, 0) is 13.0 Å². The molecule has 0 radical (unpaired) electrons. The normalized spacial score (nSPS) is 21.2. The minimum absolute atomic E-state index is 0.282. The van der Waals surface area contributed by atoms with Gasteiger partial charge in [-0.15, -0.1) is 11.3 Å². The van der Waals surface area contributed by atoms with E-state index in [2.05, 4.69) is 24.1 Å². The minimum atomic E-state index is 0.282. The van der Waals surface area contributed by atoms with Crippen LogP contribution in [0.25, 0.3) is 0 Å². The predicted molar refractivity (Wildman–Crippen MR) is 80.4 cm³/mol. The average molecular weight is 282 g/mol. The zero-order valence-corrected chi connectivity index (χ0v) is 13.0. The van der Waals surface area contributed by atoms with Crippen molar-refractivity contribution in [3.8, 4) is 0 Å². The maximum atomic E-state index is 9.43. The molecule has 1 aliphatic heterocycles. The first kappa shape index (κ1) is 14.9. The van der Waals surface area contributed by atoms with Gasteiger partial charge < -0.3 is 5.11 Å².